The zero-order chi connectivity index (χ0) is 12.8. The van der Waals surface area contributed by atoms with Gasteiger partial charge in [-0.2, -0.15) is 0 Å². The molecule has 1 aromatic carbocycles. The monoisotopic (exact) mass is 246 g/mol. The van der Waals surface area contributed by atoms with Crippen LogP contribution >= 0.6 is 0 Å². The van der Waals surface area contributed by atoms with Crippen LogP contribution in [0.4, 0.5) is 0 Å². The summed E-state index contributed by atoms with van der Waals surface area (Å²) >= 11 is 0. The van der Waals surface area contributed by atoms with Gasteiger partial charge >= 0.3 is 0 Å². The Balaban J connectivity index is 2.16. The average molecular weight is 246 g/mol. The van der Waals surface area contributed by atoms with E-state index in [1.807, 2.05) is 30.3 Å². The summed E-state index contributed by atoms with van der Waals surface area (Å²) in [6.07, 6.45) is 1.57. The average Bonchev–Trinajstić information content (AvgIpc) is 2.40. The second kappa shape index (κ2) is 6.02. The molecule has 18 heavy (non-hydrogen) atoms. The molecular weight excluding hydrogens is 232 g/mol. The Morgan fingerprint density at radius 2 is 1.94 bits per heavy atom. The molecule has 1 heterocycles. The first-order chi connectivity index (χ1) is 8.81. The molecule has 4 nitrogen and oxygen atoms in total. The van der Waals surface area contributed by atoms with Crippen LogP contribution in [0.1, 0.15) is 11.3 Å². The summed E-state index contributed by atoms with van der Waals surface area (Å²) in [7, 11) is 0. The molecule has 0 aliphatic carbocycles. The van der Waals surface area contributed by atoms with E-state index in [0.29, 0.717) is 12.4 Å². The molecule has 0 atom stereocenters. The summed E-state index contributed by atoms with van der Waals surface area (Å²) in [5, 5.41) is 8.90. The van der Waals surface area contributed by atoms with E-state index in [1.54, 1.807) is 0 Å². The Labute approximate surface area is 104 Å². The highest BCUT2D eigenvalue weighted by Crippen LogP contribution is 2.15. The number of benzene rings is 1. The van der Waals surface area contributed by atoms with Gasteiger partial charge < -0.3 is 14.3 Å². The van der Waals surface area contributed by atoms with Crippen molar-refractivity contribution >= 4 is 0 Å². The molecule has 1 aromatic heterocycles. The molecule has 0 saturated heterocycles. The lowest BCUT2D eigenvalue weighted by atomic mass is 10.2. The number of rotatable bonds is 5. The highest BCUT2D eigenvalue weighted by atomic mass is 16.5. The molecule has 0 saturated carbocycles. The molecule has 0 fully saturated rings. The third kappa shape index (κ3) is 2.99. The highest BCUT2D eigenvalue weighted by molar-refractivity contribution is 5.25. The number of ether oxygens (including phenoxy) is 1. The van der Waals surface area contributed by atoms with Gasteiger partial charge in [0.05, 0.1) is 12.9 Å². The molecule has 2 rings (SSSR count). The summed E-state index contributed by atoms with van der Waals surface area (Å²) in [4.78, 5) is 11.7. The Morgan fingerprint density at radius 1 is 1.17 bits per heavy atom. The topological polar surface area (TPSA) is 59.7 Å². The summed E-state index contributed by atoms with van der Waals surface area (Å²) in [5.41, 5.74) is 0.733. The fourth-order valence-electron chi connectivity index (χ4n) is 1.60. The van der Waals surface area contributed by atoms with Gasteiger partial charge in [0, 0.05) is 12.5 Å². The zero-order valence-electron chi connectivity index (χ0n) is 9.83. The van der Waals surface area contributed by atoms with Gasteiger partial charge in [0.15, 0.2) is 5.76 Å². The predicted octanol–water partition coefficient (Wildman–Crippen LogP) is 1.75. The first-order valence-corrected chi connectivity index (χ1v) is 5.69. The molecular formula is C14H14O4. The standard InChI is InChI=1S/C14H14O4/c15-8-6-13-14(12(16)7-9-17-13)18-10-11-4-2-1-3-5-11/h1-5,7,9,15H,6,8,10H2. The van der Waals surface area contributed by atoms with E-state index in [1.165, 1.54) is 12.3 Å². The van der Waals surface area contributed by atoms with Gasteiger partial charge in [0.1, 0.15) is 6.61 Å². The number of hydrogen-bond acceptors (Lipinski definition) is 4. The summed E-state index contributed by atoms with van der Waals surface area (Å²) < 4.78 is 10.7. The smallest absolute Gasteiger partial charge is 0.227 e. The summed E-state index contributed by atoms with van der Waals surface area (Å²) in [6, 6.07) is 10.9. The maximum absolute atomic E-state index is 11.7. The van der Waals surface area contributed by atoms with Crippen molar-refractivity contribution < 1.29 is 14.3 Å². The fraction of sp³-hybridized carbons (Fsp3) is 0.214. The Hall–Kier alpha value is -2.07. The van der Waals surface area contributed by atoms with Crippen LogP contribution in [0.5, 0.6) is 5.75 Å². The van der Waals surface area contributed by atoms with Gasteiger partial charge in [0.25, 0.3) is 0 Å². The lowest BCUT2D eigenvalue weighted by molar-refractivity contribution is 0.259. The van der Waals surface area contributed by atoms with Gasteiger partial charge in [-0.15, -0.1) is 0 Å². The van der Waals surface area contributed by atoms with Crippen LogP contribution in [-0.4, -0.2) is 11.7 Å². The van der Waals surface area contributed by atoms with Crippen LogP contribution in [0.15, 0.2) is 51.9 Å². The van der Waals surface area contributed by atoms with E-state index < -0.39 is 0 Å². The van der Waals surface area contributed by atoms with E-state index in [2.05, 4.69) is 0 Å². The van der Waals surface area contributed by atoms with E-state index in [9.17, 15) is 4.79 Å². The van der Waals surface area contributed by atoms with Crippen molar-refractivity contribution in [1.29, 1.82) is 0 Å². The maximum Gasteiger partial charge on any atom is 0.227 e. The van der Waals surface area contributed by atoms with Crippen molar-refractivity contribution in [2.24, 2.45) is 0 Å². The van der Waals surface area contributed by atoms with E-state index in [0.717, 1.165) is 5.56 Å². The molecule has 0 amide bonds. The van der Waals surface area contributed by atoms with Crippen molar-refractivity contribution in [2.45, 2.75) is 13.0 Å². The maximum atomic E-state index is 11.7. The Bertz CT molecular complexity index is 545. The Morgan fingerprint density at radius 3 is 2.67 bits per heavy atom. The minimum Gasteiger partial charge on any atom is -0.482 e. The van der Waals surface area contributed by atoms with Crippen molar-refractivity contribution in [3.05, 3.63) is 64.2 Å². The van der Waals surface area contributed by atoms with Crippen molar-refractivity contribution in [2.75, 3.05) is 6.61 Å². The zero-order valence-corrected chi connectivity index (χ0v) is 9.83. The molecule has 0 unspecified atom stereocenters. The summed E-state index contributed by atoms with van der Waals surface area (Å²) in [6.45, 7) is 0.211. The minimum absolute atomic E-state index is 0.0886. The molecule has 2 aromatic rings. The molecule has 0 radical (unpaired) electrons. The molecule has 0 aliphatic heterocycles. The van der Waals surface area contributed by atoms with Crippen molar-refractivity contribution in [1.82, 2.24) is 0 Å². The number of aliphatic hydroxyl groups excluding tert-OH is 1. The van der Waals surface area contributed by atoms with Gasteiger partial charge in [0.2, 0.25) is 11.2 Å². The van der Waals surface area contributed by atoms with Gasteiger partial charge in [-0.25, -0.2) is 0 Å². The third-order valence-corrected chi connectivity index (χ3v) is 2.47. The molecule has 4 heteroatoms. The molecule has 1 N–H and O–H groups in total. The first-order valence-electron chi connectivity index (χ1n) is 5.69. The van der Waals surface area contributed by atoms with Crippen LogP contribution in [-0.2, 0) is 13.0 Å². The van der Waals surface area contributed by atoms with Crippen LogP contribution in [0.25, 0.3) is 0 Å². The number of aliphatic hydroxyl groups is 1. The number of hydrogen-bond donors (Lipinski definition) is 1. The minimum atomic E-state index is -0.236. The molecule has 0 spiro atoms. The van der Waals surface area contributed by atoms with Crippen LogP contribution < -0.4 is 10.2 Å². The molecule has 0 bridgehead atoms. The third-order valence-electron chi connectivity index (χ3n) is 2.47. The Kier molecular flexibility index (Phi) is 4.15. The van der Waals surface area contributed by atoms with Crippen molar-refractivity contribution in [3.63, 3.8) is 0 Å². The first kappa shape index (κ1) is 12.4. The second-order valence-corrected chi connectivity index (χ2v) is 3.79. The summed E-state index contributed by atoms with van der Waals surface area (Å²) in [5.74, 6) is 0.552. The highest BCUT2D eigenvalue weighted by Gasteiger charge is 2.10. The van der Waals surface area contributed by atoms with Crippen LogP contribution in [0.3, 0.4) is 0 Å². The second-order valence-electron chi connectivity index (χ2n) is 3.79. The van der Waals surface area contributed by atoms with Crippen LogP contribution in [0, 0.1) is 0 Å². The quantitative estimate of drug-likeness (QED) is 0.873. The van der Waals surface area contributed by atoms with Crippen LogP contribution in [0.2, 0.25) is 0 Å². The SMILES string of the molecule is O=c1ccoc(CCO)c1OCc1ccccc1. The van der Waals surface area contributed by atoms with Gasteiger partial charge in [-0.05, 0) is 5.56 Å². The lowest BCUT2D eigenvalue weighted by Gasteiger charge is -2.08. The normalized spacial score (nSPS) is 10.3. The van der Waals surface area contributed by atoms with E-state index >= 15 is 0 Å². The van der Waals surface area contributed by atoms with E-state index in [-0.39, 0.29) is 24.2 Å². The lowest BCUT2D eigenvalue weighted by Crippen LogP contribution is -2.10. The van der Waals surface area contributed by atoms with Gasteiger partial charge in [-0.3, -0.25) is 4.79 Å². The van der Waals surface area contributed by atoms with E-state index in [4.69, 9.17) is 14.3 Å². The molecule has 94 valence electrons. The van der Waals surface area contributed by atoms with Gasteiger partial charge in [-0.1, -0.05) is 30.3 Å². The molecule has 0 aliphatic rings. The van der Waals surface area contributed by atoms with Crippen molar-refractivity contribution in [3.8, 4) is 5.75 Å². The fourth-order valence-corrected chi connectivity index (χ4v) is 1.60. The largest absolute Gasteiger partial charge is 0.482 e. The predicted molar refractivity (Wildman–Crippen MR) is 66.5 cm³/mol.